The molecule has 15 heavy (non-hydrogen) atoms. The van der Waals surface area contributed by atoms with E-state index >= 15 is 0 Å². The molecule has 84 valence electrons. The Morgan fingerprint density at radius 2 is 2.33 bits per heavy atom. The average Bonchev–Trinajstić information content (AvgIpc) is 2.62. The lowest BCUT2D eigenvalue weighted by Gasteiger charge is -2.08. The smallest absolute Gasteiger partial charge is 0.166 e. The predicted molar refractivity (Wildman–Crippen MR) is 55.6 cm³/mol. The van der Waals surface area contributed by atoms with E-state index in [4.69, 9.17) is 4.74 Å². The molecule has 0 aliphatic heterocycles. The molecule has 1 aromatic rings. The van der Waals surface area contributed by atoms with E-state index in [-0.39, 0.29) is 24.9 Å². The number of hydrogen-bond acceptors (Lipinski definition) is 4. The summed E-state index contributed by atoms with van der Waals surface area (Å²) in [6.45, 7) is 6.59. The van der Waals surface area contributed by atoms with E-state index in [0.29, 0.717) is 12.4 Å². The molecule has 0 saturated carbocycles. The van der Waals surface area contributed by atoms with Crippen LogP contribution in [-0.4, -0.2) is 33.8 Å². The lowest BCUT2D eigenvalue weighted by Crippen LogP contribution is -2.16. The van der Waals surface area contributed by atoms with E-state index in [2.05, 4.69) is 10.1 Å². The normalized spacial score (nSPS) is 10.9. The Kier molecular flexibility index (Phi) is 4.42. The van der Waals surface area contributed by atoms with Crippen molar-refractivity contribution in [3.63, 3.8) is 0 Å². The summed E-state index contributed by atoms with van der Waals surface area (Å²) in [4.78, 5) is 15.5. The molecule has 0 spiro atoms. The number of nitrogens with zero attached hydrogens (tertiary/aromatic N) is 3. The fourth-order valence-electron chi connectivity index (χ4n) is 1.28. The number of hydrogen-bond donors (Lipinski definition) is 0. The van der Waals surface area contributed by atoms with Crippen molar-refractivity contribution in [2.75, 3.05) is 13.2 Å². The lowest BCUT2D eigenvalue weighted by molar-refractivity contribution is -0.122. The maximum absolute atomic E-state index is 11.4. The van der Waals surface area contributed by atoms with Gasteiger partial charge in [-0.15, -0.1) is 0 Å². The minimum absolute atomic E-state index is 0.0340. The van der Waals surface area contributed by atoms with E-state index in [0.717, 1.165) is 0 Å². The summed E-state index contributed by atoms with van der Waals surface area (Å²) in [5.41, 5.74) is 0. The summed E-state index contributed by atoms with van der Waals surface area (Å²) in [6.07, 6.45) is 1.77. The first-order valence-electron chi connectivity index (χ1n) is 5.13. The zero-order chi connectivity index (χ0) is 11.3. The van der Waals surface area contributed by atoms with Crippen molar-refractivity contribution in [1.82, 2.24) is 14.8 Å². The molecule has 0 N–H and O–H groups in total. The molecule has 0 aliphatic rings. The third kappa shape index (κ3) is 3.43. The van der Waals surface area contributed by atoms with Crippen molar-refractivity contribution < 1.29 is 9.53 Å². The molecule has 0 aromatic carbocycles. The molecule has 0 bridgehead atoms. The summed E-state index contributed by atoms with van der Waals surface area (Å²) >= 11 is 0. The first-order valence-corrected chi connectivity index (χ1v) is 5.13. The van der Waals surface area contributed by atoms with E-state index in [1.165, 1.54) is 6.33 Å². The molecule has 5 heteroatoms. The molecule has 1 heterocycles. The van der Waals surface area contributed by atoms with Gasteiger partial charge in [0, 0.05) is 12.6 Å². The minimum Gasteiger partial charge on any atom is -0.374 e. The Morgan fingerprint density at radius 1 is 1.60 bits per heavy atom. The van der Waals surface area contributed by atoms with Crippen LogP contribution in [0.5, 0.6) is 0 Å². The standard InChI is InChI=1S/C10H17N3O2/c1-4-15-6-9(14)5-10-11-7-12-13(10)8(2)3/h7-8H,4-6H2,1-3H3. The summed E-state index contributed by atoms with van der Waals surface area (Å²) in [5.74, 6) is 0.737. The van der Waals surface area contributed by atoms with Crippen molar-refractivity contribution in [2.24, 2.45) is 0 Å². The number of Topliss-reactive ketones (excluding diaryl/α,β-unsaturated/α-hetero) is 1. The molecule has 0 fully saturated rings. The Balaban J connectivity index is 2.56. The van der Waals surface area contributed by atoms with Gasteiger partial charge >= 0.3 is 0 Å². The van der Waals surface area contributed by atoms with E-state index in [1.807, 2.05) is 20.8 Å². The molecular weight excluding hydrogens is 194 g/mol. The number of carbonyl (C=O) groups is 1. The van der Waals surface area contributed by atoms with Crippen LogP contribution in [0.4, 0.5) is 0 Å². The van der Waals surface area contributed by atoms with Gasteiger partial charge in [-0.05, 0) is 20.8 Å². The lowest BCUT2D eigenvalue weighted by atomic mass is 10.2. The Labute approximate surface area is 89.5 Å². The van der Waals surface area contributed by atoms with Gasteiger partial charge in [0.25, 0.3) is 0 Å². The van der Waals surface area contributed by atoms with Gasteiger partial charge in [0.2, 0.25) is 0 Å². The molecule has 5 nitrogen and oxygen atoms in total. The highest BCUT2D eigenvalue weighted by molar-refractivity contribution is 5.81. The fourth-order valence-corrected chi connectivity index (χ4v) is 1.28. The van der Waals surface area contributed by atoms with E-state index in [1.54, 1.807) is 4.68 Å². The van der Waals surface area contributed by atoms with Gasteiger partial charge in [0.15, 0.2) is 5.78 Å². The van der Waals surface area contributed by atoms with Gasteiger partial charge < -0.3 is 4.74 Å². The Morgan fingerprint density at radius 3 is 2.93 bits per heavy atom. The monoisotopic (exact) mass is 211 g/mol. The van der Waals surface area contributed by atoms with Crippen LogP contribution in [0, 0.1) is 0 Å². The quantitative estimate of drug-likeness (QED) is 0.704. The van der Waals surface area contributed by atoms with Crippen LogP contribution < -0.4 is 0 Å². The maximum Gasteiger partial charge on any atom is 0.166 e. The molecule has 1 aromatic heterocycles. The van der Waals surface area contributed by atoms with Gasteiger partial charge in [0.1, 0.15) is 18.8 Å². The molecule has 0 atom stereocenters. The Bertz CT molecular complexity index is 320. The van der Waals surface area contributed by atoms with Gasteiger partial charge in [0.05, 0.1) is 6.42 Å². The van der Waals surface area contributed by atoms with Crippen LogP contribution in [0.1, 0.15) is 32.6 Å². The van der Waals surface area contributed by atoms with Crippen LogP contribution >= 0.6 is 0 Å². The third-order valence-electron chi connectivity index (χ3n) is 1.96. The molecule has 0 saturated heterocycles. The van der Waals surface area contributed by atoms with E-state index < -0.39 is 0 Å². The summed E-state index contributed by atoms with van der Waals surface area (Å²) in [6, 6.07) is 0.224. The molecule has 0 amide bonds. The second kappa shape index (κ2) is 5.60. The molecule has 0 radical (unpaired) electrons. The largest absolute Gasteiger partial charge is 0.374 e. The number of aromatic nitrogens is 3. The van der Waals surface area contributed by atoms with Gasteiger partial charge in [-0.1, -0.05) is 0 Å². The first-order chi connectivity index (χ1) is 7.15. The van der Waals surface area contributed by atoms with Crippen molar-refractivity contribution in [1.29, 1.82) is 0 Å². The predicted octanol–water partition coefficient (Wildman–Crippen LogP) is 1.01. The maximum atomic E-state index is 11.4. The summed E-state index contributed by atoms with van der Waals surface area (Å²) in [7, 11) is 0. The molecule has 1 rings (SSSR count). The number of ether oxygens (including phenoxy) is 1. The van der Waals surface area contributed by atoms with Crippen LogP contribution in [-0.2, 0) is 16.0 Å². The van der Waals surface area contributed by atoms with Crippen LogP contribution in [0.3, 0.4) is 0 Å². The topological polar surface area (TPSA) is 57.0 Å². The third-order valence-corrected chi connectivity index (χ3v) is 1.96. The molecular formula is C10H17N3O2. The highest BCUT2D eigenvalue weighted by Gasteiger charge is 2.11. The van der Waals surface area contributed by atoms with Crippen molar-refractivity contribution >= 4 is 5.78 Å². The van der Waals surface area contributed by atoms with Crippen LogP contribution in [0.25, 0.3) is 0 Å². The van der Waals surface area contributed by atoms with E-state index in [9.17, 15) is 4.79 Å². The first kappa shape index (κ1) is 11.8. The SMILES string of the molecule is CCOCC(=O)Cc1ncnn1C(C)C. The highest BCUT2D eigenvalue weighted by Crippen LogP contribution is 2.05. The highest BCUT2D eigenvalue weighted by atomic mass is 16.5. The van der Waals surface area contributed by atoms with Crippen LogP contribution in [0.2, 0.25) is 0 Å². The summed E-state index contributed by atoms with van der Waals surface area (Å²) < 4.78 is 6.79. The van der Waals surface area contributed by atoms with Crippen molar-refractivity contribution in [3.8, 4) is 0 Å². The number of rotatable bonds is 6. The number of ketones is 1. The number of carbonyl (C=O) groups excluding carboxylic acids is 1. The van der Waals surface area contributed by atoms with Crippen LogP contribution in [0.15, 0.2) is 6.33 Å². The zero-order valence-electron chi connectivity index (χ0n) is 9.43. The van der Waals surface area contributed by atoms with Gasteiger partial charge in [-0.3, -0.25) is 4.79 Å². The fraction of sp³-hybridized carbons (Fsp3) is 0.700. The molecule has 0 unspecified atom stereocenters. The van der Waals surface area contributed by atoms with Gasteiger partial charge in [-0.25, -0.2) is 9.67 Å². The zero-order valence-corrected chi connectivity index (χ0v) is 9.43. The second-order valence-corrected chi connectivity index (χ2v) is 3.57. The minimum atomic E-state index is 0.0340. The van der Waals surface area contributed by atoms with Gasteiger partial charge in [-0.2, -0.15) is 5.10 Å². The van der Waals surface area contributed by atoms with Crippen molar-refractivity contribution in [3.05, 3.63) is 12.2 Å². The second-order valence-electron chi connectivity index (χ2n) is 3.57. The molecule has 0 aliphatic carbocycles. The van der Waals surface area contributed by atoms with Crippen molar-refractivity contribution in [2.45, 2.75) is 33.2 Å². The summed E-state index contributed by atoms with van der Waals surface area (Å²) in [5, 5.41) is 4.06. The average molecular weight is 211 g/mol. The Hall–Kier alpha value is -1.23.